The van der Waals surface area contributed by atoms with Gasteiger partial charge in [-0.15, -0.1) is 0 Å². The fourth-order valence-corrected chi connectivity index (χ4v) is 4.56. The van der Waals surface area contributed by atoms with E-state index in [9.17, 15) is 22.8 Å². The molecule has 2 N–H and O–H groups in total. The van der Waals surface area contributed by atoms with Crippen molar-refractivity contribution in [2.75, 3.05) is 25.0 Å². The number of halogens is 3. The van der Waals surface area contributed by atoms with Gasteiger partial charge in [-0.3, -0.25) is 20.4 Å². The van der Waals surface area contributed by atoms with Crippen molar-refractivity contribution in [3.63, 3.8) is 0 Å². The number of hydrogen-bond donors (Lipinski definition) is 2. The van der Waals surface area contributed by atoms with Crippen molar-refractivity contribution in [1.82, 2.24) is 15.8 Å². The summed E-state index contributed by atoms with van der Waals surface area (Å²) in [5.74, 6) is -2.87. The molecule has 2 amide bonds. The maximum Gasteiger partial charge on any atom is 0.227 e. The number of rotatable bonds is 7. The third-order valence-corrected chi connectivity index (χ3v) is 6.33. The van der Waals surface area contributed by atoms with Crippen LogP contribution in [0.2, 0.25) is 0 Å². The lowest BCUT2D eigenvalue weighted by molar-refractivity contribution is -0.134. The van der Waals surface area contributed by atoms with Crippen LogP contribution in [-0.2, 0) is 9.59 Å². The molecule has 2 heterocycles. The first-order valence-electron chi connectivity index (χ1n) is 11.1. The second-order valence-corrected chi connectivity index (χ2v) is 8.73. The zero-order chi connectivity index (χ0) is 23.5. The van der Waals surface area contributed by atoms with Crippen molar-refractivity contribution in [1.29, 1.82) is 0 Å². The van der Waals surface area contributed by atoms with Crippen LogP contribution in [0.15, 0.2) is 42.5 Å². The van der Waals surface area contributed by atoms with Crippen LogP contribution in [0, 0.1) is 23.4 Å². The summed E-state index contributed by atoms with van der Waals surface area (Å²) in [6.45, 7) is 0.602. The summed E-state index contributed by atoms with van der Waals surface area (Å²) in [5, 5.41) is 0. The summed E-state index contributed by atoms with van der Waals surface area (Å²) in [7, 11) is 1.70. The molecule has 0 radical (unpaired) electrons. The lowest BCUT2D eigenvalue weighted by Crippen LogP contribution is -2.36. The van der Waals surface area contributed by atoms with Gasteiger partial charge >= 0.3 is 0 Å². The van der Waals surface area contributed by atoms with Gasteiger partial charge in [-0.2, -0.15) is 0 Å². The maximum atomic E-state index is 14.1. The summed E-state index contributed by atoms with van der Waals surface area (Å²) in [6, 6.07) is 9.81. The molecule has 2 aromatic rings. The first kappa shape index (κ1) is 23.3. The predicted molar refractivity (Wildman–Crippen MR) is 118 cm³/mol. The number of carbonyl (C=O) groups is 2. The number of hydrazine groups is 1. The molecular formula is C24H27F3N4O2. The number of anilines is 1. The van der Waals surface area contributed by atoms with E-state index in [-0.39, 0.29) is 48.4 Å². The van der Waals surface area contributed by atoms with Gasteiger partial charge < -0.3 is 9.80 Å². The minimum Gasteiger partial charge on any atom is -0.345 e. The molecule has 176 valence electrons. The van der Waals surface area contributed by atoms with Crippen LogP contribution in [-0.4, -0.2) is 42.9 Å². The summed E-state index contributed by atoms with van der Waals surface area (Å²) in [4.78, 5) is 28.0. The van der Waals surface area contributed by atoms with Crippen molar-refractivity contribution in [2.45, 2.75) is 37.8 Å². The lowest BCUT2D eigenvalue weighted by atomic mass is 9.99. The summed E-state index contributed by atoms with van der Waals surface area (Å²) in [5.41, 5.74) is 7.31. The summed E-state index contributed by atoms with van der Waals surface area (Å²) in [6.07, 6.45) is 2.40. The molecule has 33 heavy (non-hydrogen) atoms. The first-order chi connectivity index (χ1) is 15.8. The number of amides is 2. The van der Waals surface area contributed by atoms with E-state index in [4.69, 9.17) is 0 Å². The van der Waals surface area contributed by atoms with Crippen LogP contribution in [0.25, 0.3) is 0 Å². The molecule has 2 fully saturated rings. The van der Waals surface area contributed by atoms with Crippen molar-refractivity contribution >= 4 is 17.5 Å². The molecule has 0 spiro atoms. The second kappa shape index (κ2) is 9.93. The quantitative estimate of drug-likeness (QED) is 0.666. The van der Waals surface area contributed by atoms with Gasteiger partial charge in [0.05, 0.1) is 11.6 Å². The highest BCUT2D eigenvalue weighted by molar-refractivity contribution is 6.00. The molecule has 4 rings (SSSR count). The molecule has 2 aliphatic heterocycles. The topological polar surface area (TPSA) is 64.7 Å². The van der Waals surface area contributed by atoms with E-state index in [0.717, 1.165) is 37.0 Å². The highest BCUT2D eigenvalue weighted by Crippen LogP contribution is 2.29. The second-order valence-electron chi connectivity index (χ2n) is 8.73. The van der Waals surface area contributed by atoms with E-state index in [1.807, 2.05) is 6.07 Å². The molecule has 9 heteroatoms. The van der Waals surface area contributed by atoms with Gasteiger partial charge in [-0.1, -0.05) is 12.1 Å². The van der Waals surface area contributed by atoms with Crippen LogP contribution in [0.3, 0.4) is 0 Å². The standard InChI is InChI=1S/C24H27F3N4O2/c1-30(9-3-6-19-13-21(29-28-19)15-4-2-5-17(25)10-15)24(33)16-11-23(32)31(14-16)22-8-7-18(26)12-20(22)27/h2,4-5,7-8,10,12,16,19,21,28-29H,3,6,9,11,13-14H2,1H3. The van der Waals surface area contributed by atoms with Crippen molar-refractivity contribution in [3.8, 4) is 0 Å². The number of carbonyl (C=O) groups excluding carboxylic acids is 2. The minimum absolute atomic E-state index is 0.00338. The van der Waals surface area contributed by atoms with Crippen LogP contribution in [0.4, 0.5) is 18.9 Å². The monoisotopic (exact) mass is 460 g/mol. The Morgan fingerprint density at radius 1 is 1.12 bits per heavy atom. The first-order valence-corrected chi connectivity index (χ1v) is 11.1. The van der Waals surface area contributed by atoms with Gasteiger partial charge in [-0.05, 0) is 49.1 Å². The van der Waals surface area contributed by atoms with E-state index < -0.39 is 17.6 Å². The van der Waals surface area contributed by atoms with Gasteiger partial charge in [0.1, 0.15) is 17.5 Å². The Bertz CT molecular complexity index is 1030. The fraction of sp³-hybridized carbons (Fsp3) is 0.417. The lowest BCUT2D eigenvalue weighted by Gasteiger charge is -2.22. The molecular weight excluding hydrogens is 433 g/mol. The Morgan fingerprint density at radius 3 is 2.67 bits per heavy atom. The molecule has 2 aromatic carbocycles. The highest BCUT2D eigenvalue weighted by atomic mass is 19.1. The molecule has 0 aromatic heterocycles. The normalized spacial score (nSPS) is 22.7. The highest BCUT2D eigenvalue weighted by Gasteiger charge is 2.37. The van der Waals surface area contributed by atoms with E-state index in [1.54, 1.807) is 18.0 Å². The molecule has 3 unspecified atom stereocenters. The number of nitrogens with zero attached hydrogens (tertiary/aromatic N) is 2. The Labute approximate surface area is 190 Å². The van der Waals surface area contributed by atoms with E-state index >= 15 is 0 Å². The number of nitrogens with one attached hydrogen (secondary N) is 2. The van der Waals surface area contributed by atoms with E-state index in [2.05, 4.69) is 10.9 Å². The third kappa shape index (κ3) is 5.36. The number of benzene rings is 2. The molecule has 0 saturated carbocycles. The predicted octanol–water partition coefficient (Wildman–Crippen LogP) is 3.30. The zero-order valence-electron chi connectivity index (χ0n) is 18.4. The van der Waals surface area contributed by atoms with Gasteiger partial charge in [0.25, 0.3) is 0 Å². The van der Waals surface area contributed by atoms with Crippen LogP contribution < -0.4 is 15.8 Å². The molecule has 3 atom stereocenters. The van der Waals surface area contributed by atoms with Crippen molar-refractivity contribution in [3.05, 3.63) is 65.5 Å². The molecule has 6 nitrogen and oxygen atoms in total. The zero-order valence-corrected chi connectivity index (χ0v) is 18.4. The molecule has 0 aliphatic carbocycles. The largest absolute Gasteiger partial charge is 0.345 e. The minimum atomic E-state index is -0.820. The Balaban J connectivity index is 1.24. The van der Waals surface area contributed by atoms with Crippen LogP contribution in [0.5, 0.6) is 0 Å². The fourth-order valence-electron chi connectivity index (χ4n) is 4.56. The Morgan fingerprint density at radius 2 is 1.91 bits per heavy atom. The molecule has 2 saturated heterocycles. The SMILES string of the molecule is CN(CCCC1CC(c2cccc(F)c2)NN1)C(=O)C1CC(=O)N(c2ccc(F)cc2F)C1. The number of hydrogen-bond acceptors (Lipinski definition) is 4. The summed E-state index contributed by atoms with van der Waals surface area (Å²) >= 11 is 0. The average molecular weight is 461 g/mol. The summed E-state index contributed by atoms with van der Waals surface area (Å²) < 4.78 is 40.7. The van der Waals surface area contributed by atoms with Gasteiger partial charge in [-0.25, -0.2) is 13.2 Å². The maximum absolute atomic E-state index is 14.1. The molecule has 2 aliphatic rings. The van der Waals surface area contributed by atoms with Crippen LogP contribution in [0.1, 0.15) is 37.3 Å². The Kier molecular flexibility index (Phi) is 6.99. The third-order valence-electron chi connectivity index (χ3n) is 6.33. The molecule has 0 bridgehead atoms. The van der Waals surface area contributed by atoms with E-state index in [0.29, 0.717) is 6.54 Å². The van der Waals surface area contributed by atoms with Gasteiger partial charge in [0.2, 0.25) is 11.8 Å². The Hall–Kier alpha value is -2.91. The van der Waals surface area contributed by atoms with Gasteiger partial charge in [0, 0.05) is 44.7 Å². The average Bonchev–Trinajstić information content (AvgIpc) is 3.40. The van der Waals surface area contributed by atoms with Crippen molar-refractivity contribution < 1.29 is 22.8 Å². The van der Waals surface area contributed by atoms with Crippen LogP contribution >= 0.6 is 0 Å². The smallest absolute Gasteiger partial charge is 0.227 e. The van der Waals surface area contributed by atoms with E-state index in [1.165, 1.54) is 23.1 Å². The van der Waals surface area contributed by atoms with Crippen molar-refractivity contribution in [2.24, 2.45) is 5.92 Å². The van der Waals surface area contributed by atoms with Gasteiger partial charge in [0.15, 0.2) is 0 Å².